The molecule has 2 N–H and O–H groups in total. The normalized spacial score (nSPS) is 14.0. The lowest BCUT2D eigenvalue weighted by atomic mass is 10.3. The topological polar surface area (TPSA) is 61.4 Å². The van der Waals surface area contributed by atoms with Gasteiger partial charge in [0.2, 0.25) is 11.8 Å². The predicted molar refractivity (Wildman–Crippen MR) is 85.5 cm³/mol. The van der Waals surface area contributed by atoms with Crippen molar-refractivity contribution in [2.75, 3.05) is 31.7 Å². The second-order valence-corrected chi connectivity index (χ2v) is 6.17. The quantitative estimate of drug-likeness (QED) is 0.751. The van der Waals surface area contributed by atoms with Crippen LogP contribution >= 0.6 is 11.8 Å². The monoisotopic (exact) mass is 307 g/mol. The first-order valence-corrected chi connectivity index (χ1v) is 8.21. The van der Waals surface area contributed by atoms with Gasteiger partial charge in [-0.3, -0.25) is 14.5 Å². The van der Waals surface area contributed by atoms with Crippen LogP contribution in [0.25, 0.3) is 0 Å². The number of rotatable bonds is 7. The molecule has 0 saturated heterocycles. The molecule has 21 heavy (non-hydrogen) atoms. The van der Waals surface area contributed by atoms with Crippen LogP contribution < -0.4 is 10.6 Å². The van der Waals surface area contributed by atoms with Gasteiger partial charge in [0.15, 0.2) is 0 Å². The van der Waals surface area contributed by atoms with Crippen LogP contribution in [-0.4, -0.2) is 49.1 Å². The zero-order valence-electron chi connectivity index (χ0n) is 12.4. The molecule has 114 valence electrons. The summed E-state index contributed by atoms with van der Waals surface area (Å²) in [5.41, 5.74) is 0.780. The van der Waals surface area contributed by atoms with Gasteiger partial charge >= 0.3 is 0 Å². The van der Waals surface area contributed by atoms with E-state index >= 15 is 0 Å². The van der Waals surface area contributed by atoms with Gasteiger partial charge in [-0.15, -0.1) is 11.8 Å². The van der Waals surface area contributed by atoms with Gasteiger partial charge in [-0.2, -0.15) is 0 Å². The van der Waals surface area contributed by atoms with E-state index in [1.807, 2.05) is 30.5 Å². The second kappa shape index (κ2) is 7.47. The average Bonchev–Trinajstić information content (AvgIpc) is 3.22. The zero-order valence-corrected chi connectivity index (χ0v) is 13.2. The molecule has 0 radical (unpaired) electrons. The molecule has 0 spiro atoms. The van der Waals surface area contributed by atoms with E-state index in [0.29, 0.717) is 6.04 Å². The number of carbonyl (C=O) groups excluding carboxylic acids is 2. The highest BCUT2D eigenvalue weighted by Crippen LogP contribution is 2.19. The van der Waals surface area contributed by atoms with E-state index in [9.17, 15) is 9.59 Å². The average molecular weight is 307 g/mol. The minimum atomic E-state index is -0.116. The predicted octanol–water partition coefficient (Wildman–Crippen LogP) is 1.56. The van der Waals surface area contributed by atoms with Crippen LogP contribution in [0.3, 0.4) is 0 Å². The molecular formula is C15H21N3O2S. The first-order chi connectivity index (χ1) is 10.1. The summed E-state index contributed by atoms with van der Waals surface area (Å²) in [5.74, 6) is -0.132. The Kier molecular flexibility index (Phi) is 5.64. The van der Waals surface area contributed by atoms with Gasteiger partial charge in [-0.1, -0.05) is 6.07 Å². The second-order valence-electron chi connectivity index (χ2n) is 5.29. The fraction of sp³-hybridized carbons (Fsp3) is 0.467. The third-order valence-corrected chi connectivity index (χ3v) is 3.85. The van der Waals surface area contributed by atoms with Crippen molar-refractivity contribution in [3.05, 3.63) is 24.3 Å². The highest BCUT2D eigenvalue weighted by molar-refractivity contribution is 7.98. The van der Waals surface area contributed by atoms with Crippen molar-refractivity contribution in [1.82, 2.24) is 10.2 Å². The first-order valence-electron chi connectivity index (χ1n) is 6.98. The summed E-state index contributed by atoms with van der Waals surface area (Å²) in [4.78, 5) is 26.4. The maximum atomic E-state index is 11.9. The summed E-state index contributed by atoms with van der Waals surface area (Å²) in [6.07, 6.45) is 4.14. The van der Waals surface area contributed by atoms with E-state index in [4.69, 9.17) is 0 Å². The molecular weight excluding hydrogens is 286 g/mol. The zero-order chi connectivity index (χ0) is 15.2. The Hall–Kier alpha value is -1.53. The van der Waals surface area contributed by atoms with Crippen molar-refractivity contribution in [3.63, 3.8) is 0 Å². The fourth-order valence-corrected chi connectivity index (χ4v) is 2.41. The van der Waals surface area contributed by atoms with E-state index in [1.54, 1.807) is 23.7 Å². The van der Waals surface area contributed by atoms with E-state index in [-0.39, 0.29) is 24.9 Å². The Morgan fingerprint density at radius 2 is 2.00 bits per heavy atom. The number of amides is 2. The maximum absolute atomic E-state index is 11.9. The lowest BCUT2D eigenvalue weighted by Crippen LogP contribution is -2.39. The molecule has 1 saturated carbocycles. The van der Waals surface area contributed by atoms with Crippen molar-refractivity contribution in [3.8, 4) is 0 Å². The van der Waals surface area contributed by atoms with E-state index in [0.717, 1.165) is 23.4 Å². The largest absolute Gasteiger partial charge is 0.352 e. The third kappa shape index (κ3) is 5.77. The van der Waals surface area contributed by atoms with Crippen LogP contribution in [-0.2, 0) is 9.59 Å². The SMILES string of the molecule is CSc1cccc(NC(=O)CN(C)CC(=O)NC2CC2)c1. The Morgan fingerprint density at radius 3 is 2.67 bits per heavy atom. The molecule has 0 aromatic heterocycles. The molecule has 0 bridgehead atoms. The number of hydrogen-bond acceptors (Lipinski definition) is 4. The lowest BCUT2D eigenvalue weighted by molar-refractivity contribution is -0.123. The highest BCUT2D eigenvalue weighted by Gasteiger charge is 2.23. The van der Waals surface area contributed by atoms with Crippen LogP contribution in [0.1, 0.15) is 12.8 Å². The standard InChI is InChI=1S/C15H21N3O2S/c1-18(9-14(19)16-11-6-7-11)10-15(20)17-12-4-3-5-13(8-12)21-2/h3-5,8,11H,6-7,9-10H2,1-2H3,(H,16,19)(H,17,20). The molecule has 1 aliphatic carbocycles. The Morgan fingerprint density at radius 1 is 1.29 bits per heavy atom. The molecule has 5 nitrogen and oxygen atoms in total. The maximum Gasteiger partial charge on any atom is 0.238 e. The number of hydrogen-bond donors (Lipinski definition) is 2. The van der Waals surface area contributed by atoms with Crippen LogP contribution in [0.4, 0.5) is 5.69 Å². The highest BCUT2D eigenvalue weighted by atomic mass is 32.2. The van der Waals surface area contributed by atoms with E-state index in [2.05, 4.69) is 10.6 Å². The molecule has 0 unspecified atom stereocenters. The summed E-state index contributed by atoms with van der Waals surface area (Å²) >= 11 is 1.63. The Balaban J connectivity index is 1.75. The van der Waals surface area contributed by atoms with Gasteiger partial charge < -0.3 is 10.6 Å². The minimum absolute atomic E-state index is 0.0165. The number of benzene rings is 1. The Labute approximate surface area is 129 Å². The fourth-order valence-electron chi connectivity index (χ4n) is 1.95. The molecule has 2 rings (SSSR count). The van der Waals surface area contributed by atoms with Crippen LogP contribution in [0.5, 0.6) is 0 Å². The number of carbonyl (C=O) groups is 2. The molecule has 0 aliphatic heterocycles. The van der Waals surface area contributed by atoms with Crippen molar-refractivity contribution in [1.29, 1.82) is 0 Å². The third-order valence-electron chi connectivity index (χ3n) is 3.12. The van der Waals surface area contributed by atoms with Crippen LogP contribution in [0, 0.1) is 0 Å². The lowest BCUT2D eigenvalue weighted by Gasteiger charge is -2.16. The molecule has 0 heterocycles. The van der Waals surface area contributed by atoms with Crippen molar-refractivity contribution in [2.24, 2.45) is 0 Å². The Bertz CT molecular complexity index is 517. The van der Waals surface area contributed by atoms with Gasteiger partial charge in [-0.05, 0) is 44.3 Å². The van der Waals surface area contributed by atoms with Gasteiger partial charge in [-0.25, -0.2) is 0 Å². The summed E-state index contributed by atoms with van der Waals surface area (Å²) in [7, 11) is 1.77. The summed E-state index contributed by atoms with van der Waals surface area (Å²) in [6.45, 7) is 0.441. The van der Waals surface area contributed by atoms with Crippen molar-refractivity contribution >= 4 is 29.3 Å². The molecule has 0 atom stereocenters. The number of anilines is 1. The van der Waals surface area contributed by atoms with E-state index < -0.39 is 0 Å². The van der Waals surface area contributed by atoms with Crippen LogP contribution in [0.15, 0.2) is 29.2 Å². The van der Waals surface area contributed by atoms with Gasteiger partial charge in [0.05, 0.1) is 13.1 Å². The van der Waals surface area contributed by atoms with Crippen molar-refractivity contribution in [2.45, 2.75) is 23.8 Å². The van der Waals surface area contributed by atoms with Gasteiger partial charge in [0.25, 0.3) is 0 Å². The minimum Gasteiger partial charge on any atom is -0.352 e. The molecule has 1 fully saturated rings. The van der Waals surface area contributed by atoms with Crippen molar-refractivity contribution < 1.29 is 9.59 Å². The summed E-state index contributed by atoms with van der Waals surface area (Å²) in [5, 5.41) is 5.76. The number of nitrogens with one attached hydrogen (secondary N) is 2. The number of likely N-dealkylation sites (N-methyl/N-ethyl adjacent to an activating group) is 1. The van der Waals surface area contributed by atoms with Crippen LogP contribution in [0.2, 0.25) is 0 Å². The molecule has 2 amide bonds. The smallest absolute Gasteiger partial charge is 0.238 e. The first kappa shape index (κ1) is 15.9. The molecule has 1 aromatic carbocycles. The number of nitrogens with zero attached hydrogens (tertiary/aromatic N) is 1. The molecule has 6 heteroatoms. The van der Waals surface area contributed by atoms with Gasteiger partial charge in [0, 0.05) is 16.6 Å². The number of thioether (sulfide) groups is 1. The van der Waals surface area contributed by atoms with Gasteiger partial charge in [0.1, 0.15) is 0 Å². The summed E-state index contributed by atoms with van der Waals surface area (Å²) in [6, 6.07) is 8.05. The van der Waals surface area contributed by atoms with E-state index in [1.165, 1.54) is 0 Å². The molecule has 1 aromatic rings. The summed E-state index contributed by atoms with van der Waals surface area (Å²) < 4.78 is 0. The molecule has 1 aliphatic rings.